The summed E-state index contributed by atoms with van der Waals surface area (Å²) < 4.78 is 19.7. The molecule has 0 spiro atoms. The summed E-state index contributed by atoms with van der Waals surface area (Å²) in [7, 11) is 0. The second kappa shape index (κ2) is 44.0. The first-order valence-corrected chi connectivity index (χ1v) is 12.7. The minimum atomic E-state index is -0.935. The smallest absolute Gasteiger partial charge is 0.330 e. The zero-order valence-electron chi connectivity index (χ0n) is 26.2. The summed E-state index contributed by atoms with van der Waals surface area (Å²) in [6.45, 7) is 21.9. The van der Waals surface area contributed by atoms with Gasteiger partial charge in [-0.05, 0) is 27.7 Å². The molecule has 0 fully saturated rings. The largest absolute Gasteiger partial charge is 0.478 e. The number of aliphatic hydroxyl groups is 4. The monoisotopic (exact) mass is 644 g/mol. The van der Waals surface area contributed by atoms with Crippen LogP contribution >= 0.6 is 0 Å². The van der Waals surface area contributed by atoms with Gasteiger partial charge in [0.15, 0.2) is 0 Å². The van der Waals surface area contributed by atoms with Crippen LogP contribution in [0, 0.1) is 0 Å². The number of rotatable bonds is 18. The molecule has 16 heteroatoms. The van der Waals surface area contributed by atoms with Gasteiger partial charge in [-0.2, -0.15) is 0 Å². The van der Waals surface area contributed by atoms with Gasteiger partial charge in [-0.3, -0.25) is 0 Å². The summed E-state index contributed by atoms with van der Waals surface area (Å²) in [5, 5.41) is 64.5. The lowest BCUT2D eigenvalue weighted by Gasteiger charge is -2.04. The predicted octanol–water partition coefficient (Wildman–Crippen LogP) is 0.597. The quantitative estimate of drug-likeness (QED) is 0.0749. The highest BCUT2D eigenvalue weighted by molar-refractivity contribution is 5.85. The fraction of sp³-hybridized carbons (Fsp3) is 0.571. The number of aliphatic hydroxyl groups excluding tert-OH is 4. The molecule has 0 aliphatic rings. The predicted molar refractivity (Wildman–Crippen MR) is 161 cm³/mol. The van der Waals surface area contributed by atoms with Crippen LogP contribution in [0.2, 0.25) is 0 Å². The normalized spacial score (nSPS) is 8.73. The van der Waals surface area contributed by atoms with E-state index >= 15 is 0 Å². The van der Waals surface area contributed by atoms with Crippen LogP contribution in [0.15, 0.2) is 48.6 Å². The van der Waals surface area contributed by atoms with Gasteiger partial charge in [-0.15, -0.1) is 0 Å². The molecule has 0 rings (SSSR count). The van der Waals surface area contributed by atoms with Crippen molar-refractivity contribution >= 4 is 23.9 Å². The third-order valence-electron chi connectivity index (χ3n) is 3.15. The maximum absolute atomic E-state index is 9.60. The van der Waals surface area contributed by atoms with Crippen molar-refractivity contribution in [2.24, 2.45) is 0 Å². The molecule has 8 N–H and O–H groups in total. The molecule has 0 aromatic heterocycles. The fourth-order valence-corrected chi connectivity index (χ4v) is 0.902. The van der Waals surface area contributed by atoms with E-state index in [9.17, 15) is 19.2 Å². The third-order valence-corrected chi connectivity index (χ3v) is 3.15. The molecular weight excluding hydrogens is 592 g/mol. The number of hydrogen-bond acceptors (Lipinski definition) is 12. The zero-order valence-corrected chi connectivity index (χ0v) is 26.2. The van der Waals surface area contributed by atoms with Crippen molar-refractivity contribution in [2.75, 3.05) is 79.3 Å². The van der Waals surface area contributed by atoms with E-state index in [1.165, 1.54) is 27.7 Å². The van der Waals surface area contributed by atoms with E-state index in [-0.39, 0.29) is 48.7 Å². The van der Waals surface area contributed by atoms with Crippen LogP contribution in [0.1, 0.15) is 27.7 Å². The molecule has 0 bridgehead atoms. The van der Waals surface area contributed by atoms with Gasteiger partial charge in [0, 0.05) is 22.3 Å². The topological polar surface area (TPSA) is 267 Å². The molecule has 0 aromatic carbocycles. The molecule has 0 heterocycles. The molecular formula is C28H52O16. The Morgan fingerprint density at radius 3 is 0.614 bits per heavy atom. The number of ether oxygens (including phenoxy) is 4. The summed E-state index contributed by atoms with van der Waals surface area (Å²) in [4.78, 5) is 38.4. The number of aliphatic carboxylic acids is 4. The highest BCUT2D eigenvalue weighted by Crippen LogP contribution is 1.83. The Morgan fingerprint density at radius 1 is 0.386 bits per heavy atom. The van der Waals surface area contributed by atoms with Crippen molar-refractivity contribution in [3.05, 3.63) is 48.6 Å². The fourth-order valence-electron chi connectivity index (χ4n) is 0.902. The summed E-state index contributed by atoms with van der Waals surface area (Å²) in [5.74, 6) is -3.74. The number of carbonyl (C=O) groups is 4. The average Bonchev–Trinajstić information content (AvgIpc) is 2.94. The van der Waals surface area contributed by atoms with Crippen molar-refractivity contribution in [1.29, 1.82) is 0 Å². The molecule has 16 nitrogen and oxygen atoms in total. The van der Waals surface area contributed by atoms with Gasteiger partial charge in [0.05, 0.1) is 79.3 Å². The molecule has 0 atom stereocenters. The van der Waals surface area contributed by atoms with Crippen LogP contribution in [-0.4, -0.2) is 144 Å². The number of carboxylic acids is 4. The summed E-state index contributed by atoms with van der Waals surface area (Å²) in [6.07, 6.45) is 0. The molecule has 0 saturated heterocycles. The minimum absolute atomic E-state index is 0.0278. The van der Waals surface area contributed by atoms with E-state index < -0.39 is 23.9 Å². The third kappa shape index (κ3) is 77.1. The Labute approximate surface area is 258 Å². The molecule has 0 aliphatic carbocycles. The Morgan fingerprint density at radius 2 is 0.500 bits per heavy atom. The highest BCUT2D eigenvalue weighted by Gasteiger charge is 1.92. The molecule has 44 heavy (non-hydrogen) atoms. The van der Waals surface area contributed by atoms with Gasteiger partial charge in [-0.1, -0.05) is 26.3 Å². The summed E-state index contributed by atoms with van der Waals surface area (Å²) in [6, 6.07) is 0. The van der Waals surface area contributed by atoms with Gasteiger partial charge in [0.1, 0.15) is 0 Å². The van der Waals surface area contributed by atoms with Crippen LogP contribution in [0.5, 0.6) is 0 Å². The second-order valence-electron chi connectivity index (χ2n) is 7.69. The van der Waals surface area contributed by atoms with Gasteiger partial charge in [-0.25, -0.2) is 19.2 Å². The first-order chi connectivity index (χ1) is 20.4. The summed E-state index contributed by atoms with van der Waals surface area (Å²) in [5.41, 5.74) is 0.704. The van der Waals surface area contributed by atoms with Crippen molar-refractivity contribution in [3.8, 4) is 0 Å². The van der Waals surface area contributed by atoms with Gasteiger partial charge in [0.2, 0.25) is 0 Å². The summed E-state index contributed by atoms with van der Waals surface area (Å²) >= 11 is 0. The maximum atomic E-state index is 9.60. The maximum Gasteiger partial charge on any atom is 0.330 e. The molecule has 0 radical (unpaired) electrons. The molecule has 0 saturated carbocycles. The van der Waals surface area contributed by atoms with E-state index in [4.69, 9.17) is 55.1 Å². The van der Waals surface area contributed by atoms with Crippen molar-refractivity contribution < 1.29 is 79.0 Å². The van der Waals surface area contributed by atoms with Gasteiger partial charge >= 0.3 is 23.9 Å². The Hall–Kier alpha value is -3.48. The Balaban J connectivity index is -0.000000102. The average molecular weight is 645 g/mol. The number of carboxylic acid groups (broad SMARTS) is 4. The highest BCUT2D eigenvalue weighted by atomic mass is 16.5. The van der Waals surface area contributed by atoms with Crippen LogP contribution in [0.25, 0.3) is 0 Å². The van der Waals surface area contributed by atoms with Crippen molar-refractivity contribution in [3.63, 3.8) is 0 Å². The SMILES string of the molecule is C=C(C)C(=O)O.C=C(C)C(=O)O.C=C(C)C(=O)O.C=C(C)C(=O)O.OCCOCCO.OCCOCCOCCOCCO. The van der Waals surface area contributed by atoms with Crippen LogP contribution < -0.4 is 0 Å². The lowest BCUT2D eigenvalue weighted by atomic mass is 10.4. The van der Waals surface area contributed by atoms with Crippen LogP contribution in [-0.2, 0) is 38.1 Å². The van der Waals surface area contributed by atoms with Crippen molar-refractivity contribution in [2.45, 2.75) is 27.7 Å². The van der Waals surface area contributed by atoms with Gasteiger partial charge in [0.25, 0.3) is 0 Å². The van der Waals surface area contributed by atoms with Crippen LogP contribution in [0.3, 0.4) is 0 Å². The van der Waals surface area contributed by atoms with E-state index in [0.29, 0.717) is 52.9 Å². The molecule has 0 amide bonds. The first kappa shape index (κ1) is 53.1. The zero-order chi connectivity index (χ0) is 35.9. The lowest BCUT2D eigenvalue weighted by Crippen LogP contribution is -2.11. The molecule has 0 unspecified atom stereocenters. The molecule has 0 aliphatic heterocycles. The number of hydrogen-bond donors (Lipinski definition) is 8. The standard InChI is InChI=1S/C8H18O5.C4H10O3.4C4H6O2/c9-1-3-11-5-7-13-8-6-12-4-2-10;5-1-3-7-4-2-6;4*1-3(2)4(5)6/h9-10H,1-8H2;5-6H,1-4H2;4*1H2,2H3,(H,5,6). The van der Waals surface area contributed by atoms with E-state index in [1.54, 1.807) is 0 Å². The first-order valence-electron chi connectivity index (χ1n) is 12.7. The van der Waals surface area contributed by atoms with E-state index in [1.807, 2.05) is 0 Å². The van der Waals surface area contributed by atoms with Crippen LogP contribution in [0.4, 0.5) is 0 Å². The van der Waals surface area contributed by atoms with Gasteiger partial charge < -0.3 is 59.8 Å². The van der Waals surface area contributed by atoms with E-state index in [2.05, 4.69) is 31.1 Å². The molecule has 0 aromatic rings. The Kier molecular flexibility index (Phi) is 53.1. The van der Waals surface area contributed by atoms with Crippen molar-refractivity contribution in [1.82, 2.24) is 0 Å². The minimum Gasteiger partial charge on any atom is -0.478 e. The Bertz CT molecular complexity index is 620. The second-order valence-corrected chi connectivity index (χ2v) is 7.69. The lowest BCUT2D eigenvalue weighted by molar-refractivity contribution is -0.133. The van der Waals surface area contributed by atoms with E-state index in [0.717, 1.165) is 0 Å². The molecule has 260 valence electrons.